The third-order valence-corrected chi connectivity index (χ3v) is 3.48. The molecular formula is C16H14FN5O. The molecule has 3 rings (SSSR count). The number of hydrogen-bond donors (Lipinski definition) is 2. The van der Waals surface area contributed by atoms with Crippen LogP contribution in [-0.2, 0) is 7.05 Å². The molecule has 0 bridgehead atoms. The first-order valence-electron chi connectivity index (χ1n) is 6.81. The van der Waals surface area contributed by atoms with E-state index in [9.17, 15) is 9.18 Å². The van der Waals surface area contributed by atoms with Crippen LogP contribution in [0.1, 0.15) is 0 Å². The van der Waals surface area contributed by atoms with Crippen molar-refractivity contribution in [1.29, 1.82) is 0 Å². The van der Waals surface area contributed by atoms with Crippen molar-refractivity contribution in [2.24, 2.45) is 7.05 Å². The zero-order valence-electron chi connectivity index (χ0n) is 12.3. The fourth-order valence-corrected chi connectivity index (χ4v) is 2.26. The Hall–Kier alpha value is -3.22. The summed E-state index contributed by atoms with van der Waals surface area (Å²) in [5.41, 5.74) is 13.3. The summed E-state index contributed by atoms with van der Waals surface area (Å²) in [4.78, 5) is 21.1. The zero-order valence-corrected chi connectivity index (χ0v) is 12.3. The Labute approximate surface area is 131 Å². The van der Waals surface area contributed by atoms with Gasteiger partial charge in [-0.05, 0) is 29.8 Å². The van der Waals surface area contributed by atoms with Gasteiger partial charge in [-0.25, -0.2) is 9.37 Å². The van der Waals surface area contributed by atoms with E-state index in [1.165, 1.54) is 42.1 Å². The first kappa shape index (κ1) is 14.7. The van der Waals surface area contributed by atoms with Gasteiger partial charge in [0.05, 0.1) is 11.3 Å². The van der Waals surface area contributed by atoms with Crippen molar-refractivity contribution >= 4 is 11.6 Å². The fraction of sp³-hybridized carbons (Fsp3) is 0.0625. The highest BCUT2D eigenvalue weighted by Gasteiger charge is 2.18. The van der Waals surface area contributed by atoms with Crippen LogP contribution in [0.2, 0.25) is 0 Å². The molecule has 6 nitrogen and oxygen atoms in total. The first-order valence-corrected chi connectivity index (χ1v) is 6.81. The number of anilines is 2. The van der Waals surface area contributed by atoms with Gasteiger partial charge in [-0.3, -0.25) is 14.3 Å². The van der Waals surface area contributed by atoms with Crippen molar-refractivity contribution < 1.29 is 4.39 Å². The van der Waals surface area contributed by atoms with Crippen LogP contribution in [0.15, 0.2) is 47.4 Å². The molecule has 0 aliphatic carbocycles. The van der Waals surface area contributed by atoms with E-state index in [2.05, 4.69) is 9.97 Å². The van der Waals surface area contributed by atoms with Crippen molar-refractivity contribution in [2.45, 2.75) is 0 Å². The Balaban J connectivity index is 2.35. The molecule has 7 heteroatoms. The SMILES string of the molecule is Cn1c(N)nc(-c2cc(N)ccn2)c(-c2ccc(F)cc2)c1=O. The number of nitrogens with zero attached hydrogens (tertiary/aromatic N) is 3. The monoisotopic (exact) mass is 311 g/mol. The van der Waals surface area contributed by atoms with Crippen LogP contribution in [0, 0.1) is 5.82 Å². The van der Waals surface area contributed by atoms with E-state index in [0.29, 0.717) is 28.2 Å². The van der Waals surface area contributed by atoms with Gasteiger partial charge in [0.25, 0.3) is 5.56 Å². The molecule has 2 aromatic heterocycles. The Bertz CT molecular complexity index is 934. The smallest absolute Gasteiger partial charge is 0.263 e. The van der Waals surface area contributed by atoms with Gasteiger partial charge in [0.1, 0.15) is 11.5 Å². The number of benzene rings is 1. The predicted octanol–water partition coefficient (Wildman–Crippen LogP) is 1.81. The van der Waals surface area contributed by atoms with Gasteiger partial charge >= 0.3 is 0 Å². The first-order chi connectivity index (χ1) is 11.0. The van der Waals surface area contributed by atoms with Gasteiger partial charge < -0.3 is 11.5 Å². The molecule has 0 amide bonds. The van der Waals surface area contributed by atoms with Crippen molar-refractivity contribution in [3.63, 3.8) is 0 Å². The highest BCUT2D eigenvalue weighted by molar-refractivity contribution is 5.80. The molecule has 3 aromatic rings. The van der Waals surface area contributed by atoms with E-state index in [1.54, 1.807) is 12.1 Å². The predicted molar refractivity (Wildman–Crippen MR) is 86.9 cm³/mol. The van der Waals surface area contributed by atoms with Gasteiger partial charge in [-0.2, -0.15) is 0 Å². The van der Waals surface area contributed by atoms with Gasteiger partial charge in [0.2, 0.25) is 5.95 Å². The summed E-state index contributed by atoms with van der Waals surface area (Å²) < 4.78 is 14.4. The van der Waals surface area contributed by atoms with Gasteiger partial charge in [-0.15, -0.1) is 0 Å². The average molecular weight is 311 g/mol. The number of pyridine rings is 1. The molecule has 116 valence electrons. The summed E-state index contributed by atoms with van der Waals surface area (Å²) in [5.74, 6) is -0.335. The molecule has 4 N–H and O–H groups in total. The van der Waals surface area contributed by atoms with Crippen LogP contribution in [0.25, 0.3) is 22.5 Å². The van der Waals surface area contributed by atoms with Crippen molar-refractivity contribution in [1.82, 2.24) is 14.5 Å². The van der Waals surface area contributed by atoms with Gasteiger partial charge in [-0.1, -0.05) is 12.1 Å². The molecule has 0 aliphatic heterocycles. The Morgan fingerprint density at radius 1 is 1.13 bits per heavy atom. The van der Waals surface area contributed by atoms with Gasteiger partial charge in [0, 0.05) is 18.9 Å². The highest BCUT2D eigenvalue weighted by Crippen LogP contribution is 2.28. The topological polar surface area (TPSA) is 99.8 Å². The maximum atomic E-state index is 13.2. The Morgan fingerprint density at radius 3 is 2.48 bits per heavy atom. The van der Waals surface area contributed by atoms with Crippen LogP contribution < -0.4 is 17.0 Å². The van der Waals surface area contributed by atoms with Crippen LogP contribution in [0.4, 0.5) is 16.0 Å². The Kier molecular flexibility index (Phi) is 3.53. The fourth-order valence-electron chi connectivity index (χ4n) is 2.26. The summed E-state index contributed by atoms with van der Waals surface area (Å²) in [5, 5.41) is 0. The molecule has 0 saturated heterocycles. The summed E-state index contributed by atoms with van der Waals surface area (Å²) in [6.45, 7) is 0. The molecule has 0 radical (unpaired) electrons. The maximum Gasteiger partial charge on any atom is 0.263 e. The molecular weight excluding hydrogens is 297 g/mol. The lowest BCUT2D eigenvalue weighted by atomic mass is 10.0. The summed E-state index contributed by atoms with van der Waals surface area (Å²) >= 11 is 0. The number of aromatic nitrogens is 3. The summed E-state index contributed by atoms with van der Waals surface area (Å²) in [6, 6.07) is 8.82. The summed E-state index contributed by atoms with van der Waals surface area (Å²) in [6.07, 6.45) is 1.52. The lowest BCUT2D eigenvalue weighted by Crippen LogP contribution is -2.24. The van der Waals surface area contributed by atoms with Crippen LogP contribution >= 0.6 is 0 Å². The largest absolute Gasteiger partial charge is 0.399 e. The van der Waals surface area contributed by atoms with Crippen LogP contribution in [-0.4, -0.2) is 14.5 Å². The third-order valence-electron chi connectivity index (χ3n) is 3.48. The summed E-state index contributed by atoms with van der Waals surface area (Å²) in [7, 11) is 1.52. The second-order valence-electron chi connectivity index (χ2n) is 5.04. The van der Waals surface area contributed by atoms with E-state index >= 15 is 0 Å². The number of nitrogen functional groups attached to an aromatic ring is 2. The number of hydrogen-bond acceptors (Lipinski definition) is 5. The Morgan fingerprint density at radius 2 is 1.83 bits per heavy atom. The normalized spacial score (nSPS) is 10.7. The standard InChI is InChI=1S/C16H14FN5O/c1-22-15(23)13(9-2-4-10(17)5-3-9)14(21-16(22)19)12-8-11(18)6-7-20-12/h2-8H,1H3,(H2,18,20)(H2,19,21). The van der Waals surface area contributed by atoms with Crippen LogP contribution in [0.3, 0.4) is 0 Å². The molecule has 0 aliphatic rings. The highest BCUT2D eigenvalue weighted by atomic mass is 19.1. The van der Waals surface area contributed by atoms with Crippen LogP contribution in [0.5, 0.6) is 0 Å². The minimum absolute atomic E-state index is 0.0556. The molecule has 0 unspecified atom stereocenters. The molecule has 0 atom stereocenters. The minimum atomic E-state index is -0.391. The zero-order chi connectivity index (χ0) is 16.6. The molecule has 2 heterocycles. The molecule has 0 saturated carbocycles. The van der Waals surface area contributed by atoms with Gasteiger partial charge in [0.15, 0.2) is 0 Å². The second-order valence-corrected chi connectivity index (χ2v) is 5.04. The minimum Gasteiger partial charge on any atom is -0.399 e. The number of halogens is 1. The van der Waals surface area contributed by atoms with E-state index in [1.807, 2.05) is 0 Å². The second kappa shape index (κ2) is 5.53. The molecule has 0 spiro atoms. The van der Waals surface area contributed by atoms with Crippen molar-refractivity contribution in [3.8, 4) is 22.5 Å². The van der Waals surface area contributed by atoms with E-state index in [0.717, 1.165) is 0 Å². The van der Waals surface area contributed by atoms with Crippen molar-refractivity contribution in [2.75, 3.05) is 11.5 Å². The lowest BCUT2D eigenvalue weighted by Gasteiger charge is -2.12. The number of rotatable bonds is 2. The van der Waals surface area contributed by atoms with E-state index < -0.39 is 5.82 Å². The number of nitrogens with two attached hydrogens (primary N) is 2. The average Bonchev–Trinajstić information content (AvgIpc) is 2.53. The molecule has 0 fully saturated rings. The molecule has 23 heavy (non-hydrogen) atoms. The van der Waals surface area contributed by atoms with E-state index in [4.69, 9.17) is 11.5 Å². The maximum absolute atomic E-state index is 13.2. The lowest BCUT2D eigenvalue weighted by molar-refractivity contribution is 0.628. The van der Waals surface area contributed by atoms with E-state index in [-0.39, 0.29) is 11.5 Å². The quantitative estimate of drug-likeness (QED) is 0.752. The third kappa shape index (κ3) is 2.64. The molecule has 1 aromatic carbocycles. The van der Waals surface area contributed by atoms with Crippen molar-refractivity contribution in [3.05, 3.63) is 58.8 Å².